The fourth-order valence-electron chi connectivity index (χ4n) is 2.06. The minimum Gasteiger partial charge on any atom is -0.377 e. The van der Waals surface area contributed by atoms with Crippen molar-refractivity contribution < 1.29 is 17.9 Å². The van der Waals surface area contributed by atoms with Gasteiger partial charge in [0, 0.05) is 17.2 Å². The highest BCUT2D eigenvalue weighted by atomic mass is 35.5. The Kier molecular flexibility index (Phi) is 5.01. The minimum atomic E-state index is -3.71. The zero-order chi connectivity index (χ0) is 14.6. The number of sulfonamides is 1. The molecule has 0 aromatic heterocycles. The van der Waals surface area contributed by atoms with E-state index in [0.29, 0.717) is 18.1 Å². The predicted octanol–water partition coefficient (Wildman–Crippen LogP) is 1.97. The van der Waals surface area contributed by atoms with E-state index >= 15 is 0 Å². The molecule has 0 radical (unpaired) electrons. The van der Waals surface area contributed by atoms with E-state index in [1.165, 1.54) is 12.1 Å². The maximum absolute atomic E-state index is 11.9. The molecule has 1 saturated heterocycles. The van der Waals surface area contributed by atoms with Gasteiger partial charge >= 0.3 is 0 Å². The molecule has 1 unspecified atom stereocenters. The van der Waals surface area contributed by atoms with E-state index in [0.717, 1.165) is 12.8 Å². The lowest BCUT2D eigenvalue weighted by Gasteiger charge is -2.22. The molecule has 0 saturated carbocycles. The van der Waals surface area contributed by atoms with Crippen molar-refractivity contribution in [3.05, 3.63) is 34.9 Å². The van der Waals surface area contributed by atoms with E-state index in [-0.39, 0.29) is 17.4 Å². The molecule has 0 bridgehead atoms. The number of carbonyl (C=O) groups excluding carboxylic acids is 1. The Morgan fingerprint density at radius 3 is 2.85 bits per heavy atom. The van der Waals surface area contributed by atoms with Crippen LogP contribution in [0.2, 0.25) is 5.02 Å². The Balaban J connectivity index is 1.98. The van der Waals surface area contributed by atoms with Crippen molar-refractivity contribution in [3.8, 4) is 0 Å². The summed E-state index contributed by atoms with van der Waals surface area (Å²) in [4.78, 5) is 11.9. The van der Waals surface area contributed by atoms with E-state index < -0.39 is 15.9 Å². The largest absolute Gasteiger partial charge is 0.377 e. The van der Waals surface area contributed by atoms with Crippen LogP contribution in [-0.2, 0) is 14.8 Å². The summed E-state index contributed by atoms with van der Waals surface area (Å²) in [5, 5.41) is 0.380. The SMILES string of the molecule is O=C(NS(=O)(=O)CC1CCCCO1)c1cccc(Cl)c1. The van der Waals surface area contributed by atoms with Crippen molar-refractivity contribution in [1.29, 1.82) is 0 Å². The van der Waals surface area contributed by atoms with Crippen LogP contribution < -0.4 is 4.72 Å². The van der Waals surface area contributed by atoms with Crippen molar-refractivity contribution in [2.75, 3.05) is 12.4 Å². The van der Waals surface area contributed by atoms with Crippen LogP contribution >= 0.6 is 11.6 Å². The van der Waals surface area contributed by atoms with E-state index in [1.807, 2.05) is 4.72 Å². The van der Waals surface area contributed by atoms with Gasteiger partial charge in [-0.1, -0.05) is 17.7 Å². The van der Waals surface area contributed by atoms with Crippen LogP contribution in [0.5, 0.6) is 0 Å². The number of ether oxygens (including phenoxy) is 1. The van der Waals surface area contributed by atoms with Gasteiger partial charge in [-0.05, 0) is 37.5 Å². The van der Waals surface area contributed by atoms with Crippen LogP contribution in [0.3, 0.4) is 0 Å². The molecule has 7 heteroatoms. The van der Waals surface area contributed by atoms with Crippen molar-refractivity contribution in [2.24, 2.45) is 0 Å². The lowest BCUT2D eigenvalue weighted by Crippen LogP contribution is -2.38. The van der Waals surface area contributed by atoms with E-state index in [2.05, 4.69) is 0 Å². The summed E-state index contributed by atoms with van der Waals surface area (Å²) in [6.45, 7) is 0.572. The standard InChI is InChI=1S/C13H16ClNO4S/c14-11-5-3-4-10(8-11)13(16)15-20(17,18)9-12-6-1-2-7-19-12/h3-5,8,12H,1-2,6-7,9H2,(H,15,16). The number of nitrogens with one attached hydrogen (secondary N) is 1. The summed E-state index contributed by atoms with van der Waals surface area (Å²) in [5.41, 5.74) is 0.214. The molecular weight excluding hydrogens is 302 g/mol. The zero-order valence-corrected chi connectivity index (χ0v) is 12.4. The average molecular weight is 318 g/mol. The number of halogens is 1. The monoisotopic (exact) mass is 317 g/mol. The Hall–Kier alpha value is -1.11. The first kappa shape index (κ1) is 15.3. The highest BCUT2D eigenvalue weighted by Crippen LogP contribution is 2.15. The van der Waals surface area contributed by atoms with Gasteiger partial charge in [0.2, 0.25) is 10.0 Å². The summed E-state index contributed by atoms with van der Waals surface area (Å²) in [7, 11) is -3.71. The van der Waals surface area contributed by atoms with Gasteiger partial charge in [0.15, 0.2) is 0 Å². The second kappa shape index (κ2) is 6.56. The number of benzene rings is 1. The van der Waals surface area contributed by atoms with Crippen molar-refractivity contribution in [2.45, 2.75) is 25.4 Å². The molecular formula is C13H16ClNO4S. The molecule has 1 N–H and O–H groups in total. The maximum atomic E-state index is 11.9. The molecule has 20 heavy (non-hydrogen) atoms. The topological polar surface area (TPSA) is 72.5 Å². The van der Waals surface area contributed by atoms with E-state index in [1.54, 1.807) is 12.1 Å². The first-order chi connectivity index (χ1) is 9.46. The molecule has 1 aromatic rings. The molecule has 5 nitrogen and oxygen atoms in total. The van der Waals surface area contributed by atoms with Crippen LogP contribution in [0.25, 0.3) is 0 Å². The summed E-state index contributed by atoms with van der Waals surface area (Å²) in [6.07, 6.45) is 2.26. The number of hydrogen-bond acceptors (Lipinski definition) is 4. The van der Waals surface area contributed by atoms with E-state index in [4.69, 9.17) is 16.3 Å². The molecule has 1 atom stereocenters. The maximum Gasteiger partial charge on any atom is 0.264 e. The molecule has 1 amide bonds. The molecule has 2 rings (SSSR count). The Morgan fingerprint density at radius 2 is 2.20 bits per heavy atom. The molecule has 1 fully saturated rings. The molecule has 0 aliphatic carbocycles. The molecule has 1 aliphatic rings. The smallest absolute Gasteiger partial charge is 0.264 e. The third-order valence-electron chi connectivity index (χ3n) is 3.01. The number of rotatable bonds is 4. The third-order valence-corrected chi connectivity index (χ3v) is 4.56. The van der Waals surface area contributed by atoms with Gasteiger partial charge in [0.1, 0.15) is 0 Å². The summed E-state index contributed by atoms with van der Waals surface area (Å²) >= 11 is 5.77. The number of hydrogen-bond donors (Lipinski definition) is 1. The zero-order valence-electron chi connectivity index (χ0n) is 10.8. The van der Waals surface area contributed by atoms with Crippen LogP contribution in [0.15, 0.2) is 24.3 Å². The lowest BCUT2D eigenvalue weighted by atomic mass is 10.1. The second-order valence-electron chi connectivity index (χ2n) is 4.71. The summed E-state index contributed by atoms with van der Waals surface area (Å²) in [5.74, 6) is -0.873. The van der Waals surface area contributed by atoms with Crippen LogP contribution in [0.4, 0.5) is 0 Å². The lowest BCUT2D eigenvalue weighted by molar-refractivity contribution is 0.0304. The van der Waals surface area contributed by atoms with Crippen LogP contribution in [-0.4, -0.2) is 32.8 Å². The van der Waals surface area contributed by atoms with Crippen LogP contribution in [0.1, 0.15) is 29.6 Å². The summed E-state index contributed by atoms with van der Waals surface area (Å²) < 4.78 is 31.3. The highest BCUT2D eigenvalue weighted by Gasteiger charge is 2.24. The van der Waals surface area contributed by atoms with Gasteiger partial charge in [-0.25, -0.2) is 13.1 Å². The first-order valence-electron chi connectivity index (χ1n) is 6.38. The second-order valence-corrected chi connectivity index (χ2v) is 6.91. The van der Waals surface area contributed by atoms with Crippen molar-refractivity contribution in [1.82, 2.24) is 4.72 Å². The summed E-state index contributed by atoms with van der Waals surface area (Å²) in [6, 6.07) is 6.13. The molecule has 110 valence electrons. The fourth-order valence-corrected chi connectivity index (χ4v) is 3.48. The van der Waals surface area contributed by atoms with Gasteiger partial charge in [0.05, 0.1) is 11.9 Å². The van der Waals surface area contributed by atoms with Gasteiger partial charge in [0.25, 0.3) is 5.91 Å². The number of amides is 1. The highest BCUT2D eigenvalue weighted by molar-refractivity contribution is 7.90. The molecule has 1 aromatic carbocycles. The van der Waals surface area contributed by atoms with Crippen molar-refractivity contribution >= 4 is 27.5 Å². The van der Waals surface area contributed by atoms with Gasteiger partial charge in [-0.3, -0.25) is 4.79 Å². The quantitative estimate of drug-likeness (QED) is 0.921. The first-order valence-corrected chi connectivity index (χ1v) is 8.41. The van der Waals surface area contributed by atoms with Crippen molar-refractivity contribution in [3.63, 3.8) is 0 Å². The van der Waals surface area contributed by atoms with Crippen LogP contribution in [0, 0.1) is 0 Å². The van der Waals surface area contributed by atoms with Gasteiger partial charge in [-0.2, -0.15) is 0 Å². The average Bonchev–Trinajstić information content (AvgIpc) is 2.38. The Bertz CT molecular complexity index is 582. The normalized spacial score (nSPS) is 19.6. The molecule has 1 aliphatic heterocycles. The predicted molar refractivity (Wildman–Crippen MR) is 76.3 cm³/mol. The number of carbonyl (C=O) groups is 1. The van der Waals surface area contributed by atoms with Gasteiger partial charge in [-0.15, -0.1) is 0 Å². The Morgan fingerprint density at radius 1 is 1.40 bits per heavy atom. The molecule has 0 spiro atoms. The Labute approximate surface area is 123 Å². The third kappa shape index (κ3) is 4.47. The van der Waals surface area contributed by atoms with Gasteiger partial charge < -0.3 is 4.74 Å². The molecule has 1 heterocycles. The van der Waals surface area contributed by atoms with E-state index in [9.17, 15) is 13.2 Å². The minimum absolute atomic E-state index is 0.195. The fraction of sp³-hybridized carbons (Fsp3) is 0.462.